The standard InChI is InChI=1S/C19H32/c1-13(2)10-15-16(18(4,5)6)11-14(3)12-17(15)19(7,8)9/h11-13H,10H2,1-9H3. The second kappa shape index (κ2) is 5.31. The zero-order chi connectivity index (χ0) is 15.0. The van der Waals surface area contributed by atoms with Crippen LogP contribution in [-0.2, 0) is 17.3 Å². The molecule has 0 fully saturated rings. The van der Waals surface area contributed by atoms with Crippen molar-refractivity contribution >= 4 is 0 Å². The van der Waals surface area contributed by atoms with Crippen molar-refractivity contribution in [1.29, 1.82) is 0 Å². The van der Waals surface area contributed by atoms with Crippen LogP contribution in [0.5, 0.6) is 0 Å². The van der Waals surface area contributed by atoms with E-state index in [4.69, 9.17) is 0 Å². The molecule has 0 bridgehead atoms. The summed E-state index contributed by atoms with van der Waals surface area (Å²) in [7, 11) is 0. The van der Waals surface area contributed by atoms with Gasteiger partial charge in [0, 0.05) is 0 Å². The van der Waals surface area contributed by atoms with E-state index in [-0.39, 0.29) is 10.8 Å². The van der Waals surface area contributed by atoms with Crippen molar-refractivity contribution in [2.24, 2.45) is 5.92 Å². The van der Waals surface area contributed by atoms with Gasteiger partial charge in [0.2, 0.25) is 0 Å². The second-order valence-electron chi connectivity index (χ2n) is 8.44. The summed E-state index contributed by atoms with van der Waals surface area (Å²) in [6.45, 7) is 20.9. The number of aryl methyl sites for hydroxylation is 1. The van der Waals surface area contributed by atoms with Crippen molar-refractivity contribution in [2.75, 3.05) is 0 Å². The highest BCUT2D eigenvalue weighted by molar-refractivity contribution is 5.45. The Morgan fingerprint density at radius 3 is 1.47 bits per heavy atom. The van der Waals surface area contributed by atoms with E-state index < -0.39 is 0 Å². The summed E-state index contributed by atoms with van der Waals surface area (Å²) in [5.74, 6) is 0.699. The molecule has 0 saturated heterocycles. The molecule has 0 unspecified atom stereocenters. The van der Waals surface area contributed by atoms with Crippen LogP contribution in [0, 0.1) is 12.8 Å². The summed E-state index contributed by atoms with van der Waals surface area (Å²) in [4.78, 5) is 0. The molecule has 0 atom stereocenters. The van der Waals surface area contributed by atoms with Gasteiger partial charge >= 0.3 is 0 Å². The monoisotopic (exact) mass is 260 g/mol. The molecule has 0 aliphatic heterocycles. The molecular weight excluding hydrogens is 228 g/mol. The van der Waals surface area contributed by atoms with Gasteiger partial charge in [-0.25, -0.2) is 0 Å². The SMILES string of the molecule is Cc1cc(C(C)(C)C)c(CC(C)C)c(C(C)(C)C)c1. The maximum atomic E-state index is 2.40. The minimum absolute atomic E-state index is 0.218. The van der Waals surface area contributed by atoms with E-state index in [1.54, 1.807) is 5.56 Å². The molecule has 1 aromatic carbocycles. The largest absolute Gasteiger partial charge is 0.0625 e. The van der Waals surface area contributed by atoms with Crippen LogP contribution in [-0.4, -0.2) is 0 Å². The van der Waals surface area contributed by atoms with Crippen LogP contribution in [0.2, 0.25) is 0 Å². The zero-order valence-corrected chi connectivity index (χ0v) is 14.4. The van der Waals surface area contributed by atoms with Gasteiger partial charge in [0.15, 0.2) is 0 Å². The summed E-state index contributed by atoms with van der Waals surface area (Å²) in [5.41, 5.74) is 6.48. The Kier molecular flexibility index (Phi) is 4.55. The third-order valence-corrected chi connectivity index (χ3v) is 3.62. The Morgan fingerprint density at radius 1 is 0.842 bits per heavy atom. The van der Waals surface area contributed by atoms with Gasteiger partial charge in [-0.05, 0) is 46.8 Å². The number of rotatable bonds is 2. The Bertz CT molecular complexity index is 401. The molecule has 1 aromatic rings. The van der Waals surface area contributed by atoms with Gasteiger partial charge in [-0.2, -0.15) is 0 Å². The average molecular weight is 260 g/mol. The molecule has 0 aromatic heterocycles. The predicted molar refractivity (Wildman–Crippen MR) is 87.1 cm³/mol. The minimum atomic E-state index is 0.218. The molecule has 108 valence electrons. The topological polar surface area (TPSA) is 0 Å². The maximum absolute atomic E-state index is 2.40. The Morgan fingerprint density at radius 2 is 1.21 bits per heavy atom. The van der Waals surface area contributed by atoms with Gasteiger partial charge < -0.3 is 0 Å². The average Bonchev–Trinajstić information content (AvgIpc) is 2.16. The molecule has 1 rings (SSSR count). The first-order chi connectivity index (χ1) is 8.43. The molecule has 0 heterocycles. The van der Waals surface area contributed by atoms with Crippen LogP contribution in [0.4, 0.5) is 0 Å². The highest BCUT2D eigenvalue weighted by atomic mass is 14.3. The maximum Gasteiger partial charge on any atom is -0.0129 e. The molecule has 0 aliphatic rings. The highest BCUT2D eigenvalue weighted by Gasteiger charge is 2.26. The molecule has 0 heteroatoms. The molecule has 0 aliphatic carbocycles. The molecule has 19 heavy (non-hydrogen) atoms. The van der Waals surface area contributed by atoms with Crippen molar-refractivity contribution in [3.8, 4) is 0 Å². The molecular formula is C19H32. The van der Waals surface area contributed by atoms with Crippen LogP contribution in [0.1, 0.15) is 77.6 Å². The van der Waals surface area contributed by atoms with Crippen molar-refractivity contribution in [3.05, 3.63) is 34.4 Å². The van der Waals surface area contributed by atoms with Crippen LogP contribution in [0.15, 0.2) is 12.1 Å². The summed E-state index contributed by atoms with van der Waals surface area (Å²) in [6, 6.07) is 4.79. The zero-order valence-electron chi connectivity index (χ0n) is 14.4. The Balaban J connectivity index is 3.58. The van der Waals surface area contributed by atoms with E-state index in [0.717, 1.165) is 0 Å². The van der Waals surface area contributed by atoms with Crippen LogP contribution in [0.3, 0.4) is 0 Å². The first-order valence-corrected chi connectivity index (χ1v) is 7.57. The third kappa shape index (κ3) is 4.09. The van der Waals surface area contributed by atoms with Gasteiger partial charge in [-0.1, -0.05) is 73.1 Å². The van der Waals surface area contributed by atoms with Crippen LogP contribution in [0.25, 0.3) is 0 Å². The fourth-order valence-corrected chi connectivity index (χ4v) is 2.78. The van der Waals surface area contributed by atoms with Crippen molar-refractivity contribution < 1.29 is 0 Å². The first kappa shape index (κ1) is 16.3. The normalized spacial score (nSPS) is 13.2. The van der Waals surface area contributed by atoms with Gasteiger partial charge in [0.05, 0.1) is 0 Å². The number of hydrogen-bond donors (Lipinski definition) is 0. The lowest BCUT2D eigenvalue weighted by molar-refractivity contribution is 0.535. The summed E-state index contributed by atoms with van der Waals surface area (Å²) < 4.78 is 0. The first-order valence-electron chi connectivity index (χ1n) is 7.57. The number of benzene rings is 1. The lowest BCUT2D eigenvalue weighted by atomic mass is 9.73. The van der Waals surface area contributed by atoms with Gasteiger partial charge in [0.1, 0.15) is 0 Å². The molecule has 0 spiro atoms. The van der Waals surface area contributed by atoms with Crippen molar-refractivity contribution in [2.45, 2.75) is 79.6 Å². The molecule has 0 nitrogen and oxygen atoms in total. The van der Waals surface area contributed by atoms with Crippen LogP contribution >= 0.6 is 0 Å². The highest BCUT2D eigenvalue weighted by Crippen LogP contribution is 2.36. The lowest BCUT2D eigenvalue weighted by Gasteiger charge is -2.31. The second-order valence-corrected chi connectivity index (χ2v) is 8.44. The molecule has 0 radical (unpaired) electrons. The van der Waals surface area contributed by atoms with Crippen molar-refractivity contribution in [3.63, 3.8) is 0 Å². The van der Waals surface area contributed by atoms with E-state index in [9.17, 15) is 0 Å². The Labute approximate surface area is 120 Å². The van der Waals surface area contributed by atoms with E-state index in [1.165, 1.54) is 23.1 Å². The number of hydrogen-bond acceptors (Lipinski definition) is 0. The molecule has 0 saturated carbocycles. The molecule has 0 amide bonds. The lowest BCUT2D eigenvalue weighted by Crippen LogP contribution is -2.22. The minimum Gasteiger partial charge on any atom is -0.0625 e. The van der Waals surface area contributed by atoms with E-state index in [0.29, 0.717) is 5.92 Å². The molecule has 0 N–H and O–H groups in total. The smallest absolute Gasteiger partial charge is 0.0129 e. The Hall–Kier alpha value is -0.780. The van der Waals surface area contributed by atoms with Crippen LogP contribution < -0.4 is 0 Å². The van der Waals surface area contributed by atoms with Gasteiger partial charge in [0.25, 0.3) is 0 Å². The summed E-state index contributed by atoms with van der Waals surface area (Å²) in [6.07, 6.45) is 1.18. The predicted octanol–water partition coefficient (Wildman–Crippen LogP) is 5.79. The fourth-order valence-electron chi connectivity index (χ4n) is 2.78. The van der Waals surface area contributed by atoms with Gasteiger partial charge in [-0.15, -0.1) is 0 Å². The quantitative estimate of drug-likeness (QED) is 0.631. The summed E-state index contributed by atoms with van der Waals surface area (Å²) in [5, 5.41) is 0. The van der Waals surface area contributed by atoms with E-state index in [1.807, 2.05) is 0 Å². The van der Waals surface area contributed by atoms with E-state index in [2.05, 4.69) is 74.4 Å². The van der Waals surface area contributed by atoms with Gasteiger partial charge in [-0.3, -0.25) is 0 Å². The van der Waals surface area contributed by atoms with Crippen molar-refractivity contribution in [1.82, 2.24) is 0 Å². The van der Waals surface area contributed by atoms with E-state index >= 15 is 0 Å². The third-order valence-electron chi connectivity index (χ3n) is 3.62. The fraction of sp³-hybridized carbons (Fsp3) is 0.684. The summed E-state index contributed by atoms with van der Waals surface area (Å²) >= 11 is 0.